The minimum absolute atomic E-state index is 0.0866. The van der Waals surface area contributed by atoms with E-state index in [1.165, 1.54) is 13.8 Å². The van der Waals surface area contributed by atoms with E-state index in [9.17, 15) is 9.59 Å². The van der Waals surface area contributed by atoms with Crippen molar-refractivity contribution in [2.45, 2.75) is 27.7 Å². The van der Waals surface area contributed by atoms with Gasteiger partial charge < -0.3 is 10.6 Å². The van der Waals surface area contributed by atoms with E-state index in [2.05, 4.69) is 10.6 Å². The molecule has 0 aliphatic heterocycles. The van der Waals surface area contributed by atoms with E-state index in [0.717, 1.165) is 0 Å². The molecule has 0 rings (SSSR count). The van der Waals surface area contributed by atoms with Crippen molar-refractivity contribution in [3.8, 4) is 6.07 Å². The smallest absolute Gasteiger partial charge is 0.240 e. The van der Waals surface area contributed by atoms with Gasteiger partial charge in [-0.1, -0.05) is 13.8 Å². The van der Waals surface area contributed by atoms with Crippen LogP contribution in [0, 0.1) is 22.7 Å². The van der Waals surface area contributed by atoms with Crippen LogP contribution in [0.2, 0.25) is 0 Å². The molecule has 0 saturated carbocycles. The van der Waals surface area contributed by atoms with Crippen molar-refractivity contribution in [1.82, 2.24) is 10.6 Å². The van der Waals surface area contributed by atoms with Gasteiger partial charge in [-0.15, -0.1) is 0 Å². The van der Waals surface area contributed by atoms with Gasteiger partial charge in [-0.25, -0.2) is 0 Å². The summed E-state index contributed by atoms with van der Waals surface area (Å²) in [5, 5.41) is 13.8. The van der Waals surface area contributed by atoms with Crippen molar-refractivity contribution >= 4 is 11.8 Å². The molecule has 0 saturated heterocycles. The standard InChI is InChI=1S/C11H19N3O2/c1-8(2)5-13-9(15)6-14-10(16)11(3,4)7-12/h8H,5-6H2,1-4H3,(H,13,15)(H,14,16). The lowest BCUT2D eigenvalue weighted by molar-refractivity contribution is -0.129. The van der Waals surface area contributed by atoms with Crippen molar-refractivity contribution in [3.63, 3.8) is 0 Å². The fraction of sp³-hybridized carbons (Fsp3) is 0.727. The van der Waals surface area contributed by atoms with Crippen molar-refractivity contribution in [2.24, 2.45) is 11.3 Å². The predicted octanol–water partition coefficient (Wildman–Crippen LogP) is 0.425. The molecule has 0 aliphatic rings. The van der Waals surface area contributed by atoms with E-state index >= 15 is 0 Å². The number of hydrogen-bond donors (Lipinski definition) is 2. The summed E-state index contributed by atoms with van der Waals surface area (Å²) >= 11 is 0. The fourth-order valence-corrected chi connectivity index (χ4v) is 0.813. The molecule has 5 nitrogen and oxygen atoms in total. The Kier molecular flexibility index (Phi) is 5.51. The van der Waals surface area contributed by atoms with Gasteiger partial charge in [-0.3, -0.25) is 9.59 Å². The zero-order valence-electron chi connectivity index (χ0n) is 10.3. The maximum absolute atomic E-state index is 11.4. The number of hydrogen-bond acceptors (Lipinski definition) is 3. The third kappa shape index (κ3) is 5.35. The summed E-state index contributed by atoms with van der Waals surface area (Å²) in [6, 6.07) is 1.87. The Bertz CT molecular complexity index is 303. The van der Waals surface area contributed by atoms with Crippen LogP contribution in [-0.4, -0.2) is 24.9 Å². The first-order valence-electron chi connectivity index (χ1n) is 5.26. The van der Waals surface area contributed by atoms with Gasteiger partial charge in [0.2, 0.25) is 11.8 Å². The Balaban J connectivity index is 3.94. The Morgan fingerprint density at radius 3 is 2.31 bits per heavy atom. The van der Waals surface area contributed by atoms with E-state index in [0.29, 0.717) is 12.5 Å². The molecule has 0 spiro atoms. The quantitative estimate of drug-likeness (QED) is 0.711. The summed E-state index contributed by atoms with van der Waals surface area (Å²) in [5.41, 5.74) is -1.10. The molecule has 0 heterocycles. The Hall–Kier alpha value is -1.57. The highest BCUT2D eigenvalue weighted by atomic mass is 16.2. The summed E-state index contributed by atoms with van der Waals surface area (Å²) in [4.78, 5) is 22.7. The molecule has 0 aromatic rings. The average Bonchev–Trinajstić information content (AvgIpc) is 2.22. The van der Waals surface area contributed by atoms with Crippen LogP contribution in [0.25, 0.3) is 0 Å². The number of nitrogens with one attached hydrogen (secondary N) is 2. The number of nitrogens with zero attached hydrogens (tertiary/aromatic N) is 1. The monoisotopic (exact) mass is 225 g/mol. The predicted molar refractivity (Wildman–Crippen MR) is 60.3 cm³/mol. The van der Waals surface area contributed by atoms with Crippen LogP contribution < -0.4 is 10.6 Å². The van der Waals surface area contributed by atoms with Crippen LogP contribution in [0.15, 0.2) is 0 Å². The normalized spacial score (nSPS) is 10.8. The van der Waals surface area contributed by atoms with Crippen molar-refractivity contribution in [3.05, 3.63) is 0 Å². The largest absolute Gasteiger partial charge is 0.354 e. The molecule has 2 amide bonds. The number of nitriles is 1. The first-order valence-corrected chi connectivity index (χ1v) is 5.26. The van der Waals surface area contributed by atoms with E-state index in [4.69, 9.17) is 5.26 Å². The molecule has 90 valence electrons. The minimum atomic E-state index is -1.10. The van der Waals surface area contributed by atoms with Crippen LogP contribution in [0.5, 0.6) is 0 Å². The van der Waals surface area contributed by atoms with Crippen molar-refractivity contribution < 1.29 is 9.59 Å². The van der Waals surface area contributed by atoms with E-state index in [-0.39, 0.29) is 12.5 Å². The number of rotatable bonds is 5. The van der Waals surface area contributed by atoms with Crippen LogP contribution in [0.4, 0.5) is 0 Å². The van der Waals surface area contributed by atoms with Gasteiger partial charge >= 0.3 is 0 Å². The Morgan fingerprint density at radius 2 is 1.88 bits per heavy atom. The highest BCUT2D eigenvalue weighted by Crippen LogP contribution is 2.11. The second-order valence-electron chi connectivity index (χ2n) is 4.62. The lowest BCUT2D eigenvalue weighted by Gasteiger charge is -2.15. The van der Waals surface area contributed by atoms with E-state index < -0.39 is 11.3 Å². The molecule has 5 heteroatoms. The molecular formula is C11H19N3O2. The maximum atomic E-state index is 11.4. The molecule has 0 atom stereocenters. The first kappa shape index (κ1) is 14.4. The molecule has 0 unspecified atom stereocenters. The Morgan fingerprint density at radius 1 is 1.31 bits per heavy atom. The van der Waals surface area contributed by atoms with Crippen molar-refractivity contribution in [1.29, 1.82) is 5.26 Å². The SMILES string of the molecule is CC(C)CNC(=O)CNC(=O)C(C)(C)C#N. The average molecular weight is 225 g/mol. The molecule has 2 N–H and O–H groups in total. The molecule has 0 fully saturated rings. The summed E-state index contributed by atoms with van der Waals surface area (Å²) in [6.45, 7) is 7.48. The van der Waals surface area contributed by atoms with Gasteiger partial charge in [0.05, 0.1) is 12.6 Å². The van der Waals surface area contributed by atoms with Gasteiger partial charge in [-0.2, -0.15) is 5.26 Å². The lowest BCUT2D eigenvalue weighted by Crippen LogP contribution is -2.42. The molecule has 0 bridgehead atoms. The van der Waals surface area contributed by atoms with Gasteiger partial charge in [0.25, 0.3) is 0 Å². The summed E-state index contributed by atoms with van der Waals surface area (Å²) in [6.07, 6.45) is 0. The molecular weight excluding hydrogens is 206 g/mol. The summed E-state index contributed by atoms with van der Waals surface area (Å²) in [5.74, 6) is -0.305. The number of carbonyl (C=O) groups excluding carboxylic acids is 2. The molecule has 16 heavy (non-hydrogen) atoms. The molecule has 0 radical (unpaired) electrons. The van der Waals surface area contributed by atoms with E-state index in [1.54, 1.807) is 0 Å². The van der Waals surface area contributed by atoms with Crippen LogP contribution >= 0.6 is 0 Å². The molecule has 0 aromatic carbocycles. The summed E-state index contributed by atoms with van der Waals surface area (Å²) < 4.78 is 0. The highest BCUT2D eigenvalue weighted by molar-refractivity contribution is 5.88. The Labute approximate surface area is 96.2 Å². The first-order chi connectivity index (χ1) is 7.29. The second-order valence-corrected chi connectivity index (χ2v) is 4.62. The fourth-order valence-electron chi connectivity index (χ4n) is 0.813. The summed E-state index contributed by atoms with van der Waals surface area (Å²) in [7, 11) is 0. The zero-order valence-corrected chi connectivity index (χ0v) is 10.3. The van der Waals surface area contributed by atoms with Gasteiger partial charge in [0.15, 0.2) is 0 Å². The minimum Gasteiger partial charge on any atom is -0.354 e. The molecule has 0 aromatic heterocycles. The van der Waals surface area contributed by atoms with Crippen LogP contribution in [0.1, 0.15) is 27.7 Å². The van der Waals surface area contributed by atoms with Gasteiger partial charge in [0, 0.05) is 6.54 Å². The maximum Gasteiger partial charge on any atom is 0.240 e. The highest BCUT2D eigenvalue weighted by Gasteiger charge is 2.27. The van der Waals surface area contributed by atoms with Crippen LogP contribution in [-0.2, 0) is 9.59 Å². The van der Waals surface area contributed by atoms with Gasteiger partial charge in [-0.05, 0) is 19.8 Å². The van der Waals surface area contributed by atoms with Gasteiger partial charge in [0.1, 0.15) is 5.41 Å². The van der Waals surface area contributed by atoms with Crippen molar-refractivity contribution in [2.75, 3.05) is 13.1 Å². The van der Waals surface area contributed by atoms with E-state index in [1.807, 2.05) is 19.9 Å². The molecule has 0 aliphatic carbocycles. The second kappa shape index (κ2) is 6.11. The topological polar surface area (TPSA) is 82.0 Å². The number of carbonyl (C=O) groups is 2. The third-order valence-electron chi connectivity index (χ3n) is 1.96. The third-order valence-corrected chi connectivity index (χ3v) is 1.96. The van der Waals surface area contributed by atoms with Crippen LogP contribution in [0.3, 0.4) is 0 Å². The number of amides is 2. The lowest BCUT2D eigenvalue weighted by atomic mass is 9.95. The zero-order chi connectivity index (χ0) is 12.8.